The molecule has 1 N–H and O–H groups in total. The summed E-state index contributed by atoms with van der Waals surface area (Å²) in [7, 11) is 0. The first kappa shape index (κ1) is 12.0. The quantitative estimate of drug-likeness (QED) is 0.569. The first-order valence-corrected chi connectivity index (χ1v) is 5.52. The second kappa shape index (κ2) is 4.65. The number of allylic oxidation sites excluding steroid dienone is 3. The lowest BCUT2D eigenvalue weighted by molar-refractivity contribution is -0.131. The van der Waals surface area contributed by atoms with Gasteiger partial charge in [0.05, 0.1) is 0 Å². The molecule has 0 aromatic carbocycles. The van der Waals surface area contributed by atoms with Crippen LogP contribution in [0.4, 0.5) is 0 Å². The molecule has 0 radical (unpaired) electrons. The summed E-state index contributed by atoms with van der Waals surface area (Å²) in [6.45, 7) is 6.67. The second-order valence-corrected chi connectivity index (χ2v) is 4.94. The summed E-state index contributed by atoms with van der Waals surface area (Å²) in [5.41, 5.74) is 3.11. The summed E-state index contributed by atoms with van der Waals surface area (Å²) >= 11 is 0. The first-order valence-electron chi connectivity index (χ1n) is 5.52. The molecule has 0 saturated heterocycles. The smallest absolute Gasteiger partial charge is 0.327 e. The van der Waals surface area contributed by atoms with Gasteiger partial charge in [0.1, 0.15) is 0 Å². The summed E-state index contributed by atoms with van der Waals surface area (Å²) in [6.07, 6.45) is 7.41. The molecule has 0 aromatic rings. The fraction of sp³-hybridized carbons (Fsp3) is 0.615. The average Bonchev–Trinajstić information content (AvgIpc) is 2.09. The van der Waals surface area contributed by atoms with E-state index in [1.807, 2.05) is 0 Å². The standard InChI is InChI=1S/C13H20O2/c1-10-6-5-9-13(2,3)11(10)7-4-8-12(14)15/h4,8H,5-7,9H2,1-3H3,(H,14,15). The van der Waals surface area contributed by atoms with Crippen LogP contribution in [-0.2, 0) is 4.79 Å². The molecule has 15 heavy (non-hydrogen) atoms. The van der Waals surface area contributed by atoms with Gasteiger partial charge < -0.3 is 5.11 Å². The van der Waals surface area contributed by atoms with Crippen LogP contribution in [0.15, 0.2) is 23.3 Å². The van der Waals surface area contributed by atoms with Crippen molar-refractivity contribution in [3.8, 4) is 0 Å². The Hall–Kier alpha value is -1.05. The van der Waals surface area contributed by atoms with E-state index in [4.69, 9.17) is 5.11 Å². The van der Waals surface area contributed by atoms with Crippen molar-refractivity contribution in [3.05, 3.63) is 23.3 Å². The third kappa shape index (κ3) is 3.22. The minimum atomic E-state index is -0.859. The lowest BCUT2D eigenvalue weighted by Gasteiger charge is -2.34. The predicted octanol–water partition coefficient (Wildman–Crippen LogP) is 3.54. The second-order valence-electron chi connectivity index (χ2n) is 4.94. The van der Waals surface area contributed by atoms with Gasteiger partial charge in [0, 0.05) is 6.08 Å². The Morgan fingerprint density at radius 1 is 1.53 bits per heavy atom. The molecule has 0 aliphatic heterocycles. The van der Waals surface area contributed by atoms with Crippen LogP contribution in [0.25, 0.3) is 0 Å². The zero-order chi connectivity index (χ0) is 11.5. The van der Waals surface area contributed by atoms with Gasteiger partial charge in [-0.15, -0.1) is 0 Å². The first-order chi connectivity index (χ1) is 6.93. The molecule has 1 aliphatic rings. The van der Waals surface area contributed by atoms with Crippen molar-refractivity contribution >= 4 is 5.97 Å². The molecule has 0 spiro atoms. The molecule has 1 rings (SSSR count). The van der Waals surface area contributed by atoms with Crippen LogP contribution < -0.4 is 0 Å². The monoisotopic (exact) mass is 208 g/mol. The topological polar surface area (TPSA) is 37.3 Å². The Morgan fingerprint density at radius 3 is 2.73 bits per heavy atom. The van der Waals surface area contributed by atoms with Crippen LogP contribution >= 0.6 is 0 Å². The normalized spacial score (nSPS) is 21.0. The van der Waals surface area contributed by atoms with Crippen molar-refractivity contribution in [2.75, 3.05) is 0 Å². The molecular weight excluding hydrogens is 188 g/mol. The van der Waals surface area contributed by atoms with Crippen molar-refractivity contribution < 1.29 is 9.90 Å². The van der Waals surface area contributed by atoms with Crippen molar-refractivity contribution in [1.29, 1.82) is 0 Å². The minimum absolute atomic E-state index is 0.241. The van der Waals surface area contributed by atoms with Crippen LogP contribution in [-0.4, -0.2) is 11.1 Å². The van der Waals surface area contributed by atoms with Crippen LogP contribution in [0, 0.1) is 5.41 Å². The molecule has 0 amide bonds. The maximum atomic E-state index is 10.4. The third-order valence-corrected chi connectivity index (χ3v) is 3.27. The maximum Gasteiger partial charge on any atom is 0.327 e. The van der Waals surface area contributed by atoms with E-state index in [2.05, 4.69) is 20.8 Å². The van der Waals surface area contributed by atoms with Crippen molar-refractivity contribution in [3.63, 3.8) is 0 Å². The summed E-state index contributed by atoms with van der Waals surface area (Å²) < 4.78 is 0. The van der Waals surface area contributed by atoms with Crippen molar-refractivity contribution in [2.45, 2.75) is 46.5 Å². The molecule has 0 unspecified atom stereocenters. The van der Waals surface area contributed by atoms with Crippen LogP contribution in [0.1, 0.15) is 46.5 Å². The van der Waals surface area contributed by atoms with Crippen LogP contribution in [0.5, 0.6) is 0 Å². The number of aliphatic carboxylic acids is 1. The van der Waals surface area contributed by atoms with Gasteiger partial charge in [0.25, 0.3) is 0 Å². The van der Waals surface area contributed by atoms with Gasteiger partial charge in [0.2, 0.25) is 0 Å². The molecular formula is C13H20O2. The van der Waals surface area contributed by atoms with Gasteiger partial charge in [-0.2, -0.15) is 0 Å². The molecule has 0 fully saturated rings. The van der Waals surface area contributed by atoms with Gasteiger partial charge in [-0.3, -0.25) is 0 Å². The zero-order valence-corrected chi connectivity index (χ0v) is 9.84. The van der Waals surface area contributed by atoms with E-state index in [1.165, 1.54) is 36.5 Å². The number of hydrogen-bond donors (Lipinski definition) is 1. The number of carbonyl (C=O) groups is 1. The lowest BCUT2D eigenvalue weighted by atomic mass is 9.71. The highest BCUT2D eigenvalue weighted by atomic mass is 16.4. The van der Waals surface area contributed by atoms with Gasteiger partial charge in [-0.25, -0.2) is 4.79 Å². The minimum Gasteiger partial charge on any atom is -0.478 e. The van der Waals surface area contributed by atoms with Crippen molar-refractivity contribution in [2.24, 2.45) is 5.41 Å². The molecule has 0 atom stereocenters. The van der Waals surface area contributed by atoms with Gasteiger partial charge >= 0.3 is 5.97 Å². The van der Waals surface area contributed by atoms with E-state index >= 15 is 0 Å². The van der Waals surface area contributed by atoms with E-state index in [0.717, 1.165) is 6.42 Å². The number of hydrogen-bond acceptors (Lipinski definition) is 1. The highest BCUT2D eigenvalue weighted by molar-refractivity contribution is 5.79. The molecule has 0 aromatic heterocycles. The number of rotatable bonds is 3. The van der Waals surface area contributed by atoms with Gasteiger partial charge in [-0.05, 0) is 38.0 Å². The van der Waals surface area contributed by atoms with Gasteiger partial charge in [0.15, 0.2) is 0 Å². The third-order valence-electron chi connectivity index (χ3n) is 3.27. The zero-order valence-electron chi connectivity index (χ0n) is 9.84. The largest absolute Gasteiger partial charge is 0.478 e. The highest BCUT2D eigenvalue weighted by Gasteiger charge is 2.27. The number of carboxylic acids is 1. The molecule has 84 valence electrons. The molecule has 0 saturated carbocycles. The Morgan fingerprint density at radius 2 is 2.20 bits per heavy atom. The summed E-state index contributed by atoms with van der Waals surface area (Å²) in [6, 6.07) is 0. The summed E-state index contributed by atoms with van der Waals surface area (Å²) in [5.74, 6) is -0.859. The van der Waals surface area contributed by atoms with E-state index in [0.29, 0.717) is 0 Å². The van der Waals surface area contributed by atoms with Crippen molar-refractivity contribution in [1.82, 2.24) is 0 Å². The Labute approximate surface area is 91.7 Å². The molecule has 2 nitrogen and oxygen atoms in total. The molecule has 2 heteroatoms. The Bertz CT molecular complexity index is 308. The molecule has 0 heterocycles. The predicted molar refractivity (Wildman–Crippen MR) is 61.7 cm³/mol. The SMILES string of the molecule is CC1=C(CC=CC(=O)O)C(C)(C)CCC1. The van der Waals surface area contributed by atoms with Crippen LogP contribution in [0.2, 0.25) is 0 Å². The van der Waals surface area contributed by atoms with E-state index < -0.39 is 5.97 Å². The number of carboxylic acid groups (broad SMARTS) is 1. The highest BCUT2D eigenvalue weighted by Crippen LogP contribution is 2.41. The van der Waals surface area contributed by atoms with Gasteiger partial charge in [-0.1, -0.05) is 31.1 Å². The van der Waals surface area contributed by atoms with E-state index in [1.54, 1.807) is 6.08 Å². The Balaban J connectivity index is 2.76. The summed E-state index contributed by atoms with van der Waals surface area (Å²) in [5, 5.41) is 8.54. The Kier molecular flexibility index (Phi) is 3.72. The maximum absolute atomic E-state index is 10.4. The van der Waals surface area contributed by atoms with E-state index in [9.17, 15) is 4.79 Å². The van der Waals surface area contributed by atoms with Crippen LogP contribution in [0.3, 0.4) is 0 Å². The molecule has 1 aliphatic carbocycles. The lowest BCUT2D eigenvalue weighted by Crippen LogP contribution is -2.20. The molecule has 0 bridgehead atoms. The fourth-order valence-corrected chi connectivity index (χ4v) is 2.40. The fourth-order valence-electron chi connectivity index (χ4n) is 2.40. The average molecular weight is 208 g/mol. The summed E-state index contributed by atoms with van der Waals surface area (Å²) in [4.78, 5) is 10.4. The van der Waals surface area contributed by atoms with E-state index in [-0.39, 0.29) is 5.41 Å².